The molecule has 0 N–H and O–H groups in total. The molecule has 0 fully saturated rings. The second-order valence-corrected chi connectivity index (χ2v) is 7.79. The van der Waals surface area contributed by atoms with Crippen molar-refractivity contribution >= 4 is 52.6 Å². The van der Waals surface area contributed by atoms with Gasteiger partial charge in [-0.1, -0.05) is 46.9 Å². The van der Waals surface area contributed by atoms with E-state index in [1.807, 2.05) is 0 Å². The number of esters is 1. The number of fused-ring (bicyclic) bond motifs is 1. The average Bonchev–Trinajstić information content (AvgIpc) is 3.03. The molecule has 0 saturated carbocycles. The van der Waals surface area contributed by atoms with Gasteiger partial charge in [-0.2, -0.15) is 0 Å². The van der Waals surface area contributed by atoms with E-state index in [0.29, 0.717) is 43.1 Å². The number of carbonyl (C=O) groups is 2. The minimum absolute atomic E-state index is 0.0846. The van der Waals surface area contributed by atoms with Gasteiger partial charge in [-0.05, 0) is 55.5 Å². The molecule has 0 spiro atoms. The number of allylic oxidation sites excluding steroid dienone is 1. The highest BCUT2D eigenvalue weighted by Gasteiger charge is 2.31. The number of benzene rings is 3. The number of hydrogen-bond acceptors (Lipinski definition) is 4. The Morgan fingerprint density at radius 1 is 1.00 bits per heavy atom. The molecule has 30 heavy (non-hydrogen) atoms. The lowest BCUT2D eigenvalue weighted by Gasteiger charge is -2.10. The summed E-state index contributed by atoms with van der Waals surface area (Å²) in [6, 6.07) is 14.6. The molecule has 3 aromatic rings. The largest absolute Gasteiger partial charge is 0.452 e. The number of hydrogen-bond donors (Lipinski definition) is 0. The van der Waals surface area contributed by atoms with E-state index in [4.69, 9.17) is 44.3 Å². The van der Waals surface area contributed by atoms with Gasteiger partial charge in [-0.25, -0.2) is 4.79 Å². The third-order valence-electron chi connectivity index (χ3n) is 4.57. The third-order valence-corrected chi connectivity index (χ3v) is 5.47. The molecular weight excluding hydrogens is 447 g/mol. The van der Waals surface area contributed by atoms with Crippen LogP contribution >= 0.6 is 34.8 Å². The van der Waals surface area contributed by atoms with Crippen molar-refractivity contribution in [3.63, 3.8) is 0 Å². The van der Waals surface area contributed by atoms with Gasteiger partial charge in [0.15, 0.2) is 5.76 Å². The first-order valence-electron chi connectivity index (χ1n) is 8.85. The van der Waals surface area contributed by atoms with Gasteiger partial charge in [0.2, 0.25) is 5.78 Å². The van der Waals surface area contributed by atoms with Crippen molar-refractivity contribution in [2.75, 3.05) is 0 Å². The Morgan fingerprint density at radius 2 is 1.70 bits per heavy atom. The average molecular weight is 460 g/mol. The fourth-order valence-electron chi connectivity index (χ4n) is 3.03. The van der Waals surface area contributed by atoms with E-state index < -0.39 is 5.97 Å². The van der Waals surface area contributed by atoms with Crippen LogP contribution < -0.4 is 9.47 Å². The van der Waals surface area contributed by atoms with E-state index in [0.717, 1.165) is 0 Å². The van der Waals surface area contributed by atoms with Gasteiger partial charge < -0.3 is 9.47 Å². The van der Waals surface area contributed by atoms with Crippen LogP contribution in [0.5, 0.6) is 11.5 Å². The van der Waals surface area contributed by atoms with Crippen LogP contribution in [0.4, 0.5) is 0 Å². The normalized spacial score (nSPS) is 13.9. The zero-order chi connectivity index (χ0) is 21.4. The number of halogens is 3. The van der Waals surface area contributed by atoms with E-state index in [9.17, 15) is 9.59 Å². The highest BCUT2D eigenvalue weighted by Crippen LogP contribution is 2.40. The van der Waals surface area contributed by atoms with Crippen molar-refractivity contribution < 1.29 is 19.1 Å². The van der Waals surface area contributed by atoms with E-state index in [1.54, 1.807) is 55.5 Å². The summed E-state index contributed by atoms with van der Waals surface area (Å²) in [5, 5.41) is 1.22. The van der Waals surface area contributed by atoms with Gasteiger partial charge in [0.05, 0.1) is 11.1 Å². The van der Waals surface area contributed by atoms with Crippen LogP contribution in [0.1, 0.15) is 31.8 Å². The predicted octanol–water partition coefficient (Wildman–Crippen LogP) is 6.79. The maximum Gasteiger partial charge on any atom is 0.343 e. The highest BCUT2D eigenvalue weighted by atomic mass is 35.5. The molecule has 3 aromatic carbocycles. The SMILES string of the molecule is Cc1c(OC(=O)c2cccc(Cl)c2)ccc2c1O/C(=C\c1c(Cl)cccc1Cl)C2=O. The Labute approximate surface area is 187 Å². The van der Waals surface area contributed by atoms with Gasteiger partial charge in [0.25, 0.3) is 0 Å². The molecule has 0 bridgehead atoms. The Bertz CT molecular complexity index is 1210. The van der Waals surface area contributed by atoms with E-state index in [2.05, 4.69) is 0 Å². The summed E-state index contributed by atoms with van der Waals surface area (Å²) in [5.74, 6) is -0.184. The van der Waals surface area contributed by atoms with Crippen molar-refractivity contribution in [3.05, 3.63) is 97.7 Å². The molecule has 1 heterocycles. The molecular formula is C23H13Cl3O4. The summed E-state index contributed by atoms with van der Waals surface area (Å²) in [7, 11) is 0. The topological polar surface area (TPSA) is 52.6 Å². The maximum absolute atomic E-state index is 12.8. The molecule has 4 nitrogen and oxygen atoms in total. The standard InChI is InChI=1S/C23H13Cl3O4/c1-12-19(30-23(28)13-4-2-5-14(24)10-13)9-8-15-21(27)20(29-22(12)15)11-16-17(25)6-3-7-18(16)26/h2-11H,1H3/b20-11-. The van der Waals surface area contributed by atoms with Crippen molar-refractivity contribution in [1.29, 1.82) is 0 Å². The van der Waals surface area contributed by atoms with Gasteiger partial charge in [-0.15, -0.1) is 0 Å². The fraction of sp³-hybridized carbons (Fsp3) is 0.0435. The Balaban J connectivity index is 1.65. The van der Waals surface area contributed by atoms with Crippen molar-refractivity contribution in [1.82, 2.24) is 0 Å². The second kappa shape index (κ2) is 8.15. The van der Waals surface area contributed by atoms with Crippen LogP contribution in [0.2, 0.25) is 15.1 Å². The molecule has 0 unspecified atom stereocenters. The summed E-state index contributed by atoms with van der Waals surface area (Å²) in [6.07, 6.45) is 1.50. The van der Waals surface area contributed by atoms with Gasteiger partial charge >= 0.3 is 5.97 Å². The predicted molar refractivity (Wildman–Crippen MR) is 117 cm³/mol. The van der Waals surface area contributed by atoms with Gasteiger partial charge in [-0.3, -0.25) is 4.79 Å². The molecule has 1 aliphatic rings. The molecule has 0 atom stereocenters. The monoisotopic (exact) mass is 458 g/mol. The number of carbonyl (C=O) groups excluding carboxylic acids is 2. The first-order valence-corrected chi connectivity index (χ1v) is 9.98. The molecule has 0 saturated heterocycles. The van der Waals surface area contributed by atoms with Crippen molar-refractivity contribution in [2.24, 2.45) is 0 Å². The smallest absolute Gasteiger partial charge is 0.343 e. The molecule has 1 aliphatic heterocycles. The van der Waals surface area contributed by atoms with Gasteiger partial charge in [0, 0.05) is 26.2 Å². The molecule has 150 valence electrons. The van der Waals surface area contributed by atoms with Crippen LogP contribution in [0.15, 0.2) is 60.4 Å². The summed E-state index contributed by atoms with van der Waals surface area (Å²) >= 11 is 18.3. The summed E-state index contributed by atoms with van der Waals surface area (Å²) in [6.45, 7) is 1.71. The third kappa shape index (κ3) is 3.82. The van der Waals surface area contributed by atoms with Crippen molar-refractivity contribution in [2.45, 2.75) is 6.92 Å². The first-order chi connectivity index (χ1) is 14.3. The number of ketones is 1. The minimum Gasteiger partial charge on any atom is -0.452 e. The number of ether oxygens (including phenoxy) is 2. The van der Waals surface area contributed by atoms with E-state index in [-0.39, 0.29) is 17.3 Å². The Hall–Kier alpha value is -2.79. The number of rotatable bonds is 3. The summed E-state index contributed by atoms with van der Waals surface area (Å²) in [5.41, 5.74) is 1.69. The first kappa shape index (κ1) is 20.5. The van der Waals surface area contributed by atoms with E-state index in [1.165, 1.54) is 12.1 Å². The highest BCUT2D eigenvalue weighted by molar-refractivity contribution is 6.37. The quantitative estimate of drug-likeness (QED) is 0.246. The molecule has 4 rings (SSSR count). The van der Waals surface area contributed by atoms with Crippen molar-refractivity contribution in [3.8, 4) is 11.5 Å². The minimum atomic E-state index is -0.566. The molecule has 7 heteroatoms. The maximum atomic E-state index is 12.8. The molecule has 0 radical (unpaired) electrons. The molecule has 0 amide bonds. The lowest BCUT2D eigenvalue weighted by molar-refractivity contribution is 0.0733. The summed E-state index contributed by atoms with van der Waals surface area (Å²) < 4.78 is 11.3. The van der Waals surface area contributed by atoms with Crippen LogP contribution in [-0.4, -0.2) is 11.8 Å². The lowest BCUT2D eigenvalue weighted by atomic mass is 10.1. The Morgan fingerprint density at radius 3 is 2.40 bits per heavy atom. The zero-order valence-electron chi connectivity index (χ0n) is 15.5. The van der Waals surface area contributed by atoms with Crippen LogP contribution in [-0.2, 0) is 0 Å². The number of Topliss-reactive ketones (excluding diaryl/α,β-unsaturated/α-hetero) is 1. The van der Waals surface area contributed by atoms with Gasteiger partial charge in [0.1, 0.15) is 11.5 Å². The van der Waals surface area contributed by atoms with Crippen LogP contribution in [0.25, 0.3) is 6.08 Å². The molecule has 0 aliphatic carbocycles. The van der Waals surface area contributed by atoms with E-state index >= 15 is 0 Å². The fourth-order valence-corrected chi connectivity index (χ4v) is 3.73. The summed E-state index contributed by atoms with van der Waals surface area (Å²) in [4.78, 5) is 25.2. The van der Waals surface area contributed by atoms with Crippen LogP contribution in [0.3, 0.4) is 0 Å². The molecule has 0 aromatic heterocycles. The van der Waals surface area contributed by atoms with Crippen LogP contribution in [0, 0.1) is 6.92 Å². The lowest BCUT2D eigenvalue weighted by Crippen LogP contribution is -2.09. The second-order valence-electron chi connectivity index (χ2n) is 6.54. The Kier molecular flexibility index (Phi) is 5.56. The zero-order valence-corrected chi connectivity index (χ0v) is 17.8.